The zero-order valence-electron chi connectivity index (χ0n) is 17.3. The molecule has 0 bridgehead atoms. The van der Waals surface area contributed by atoms with Gasteiger partial charge < -0.3 is 4.90 Å². The first-order valence-corrected chi connectivity index (χ1v) is 11.7. The Kier molecular flexibility index (Phi) is 5.65. The summed E-state index contributed by atoms with van der Waals surface area (Å²) in [5, 5.41) is 6.11. The number of nitrogens with one attached hydrogen (secondary N) is 1. The van der Waals surface area contributed by atoms with Crippen LogP contribution in [0.2, 0.25) is 0 Å². The smallest absolute Gasteiger partial charge is 0.258 e. The van der Waals surface area contributed by atoms with Crippen LogP contribution in [-0.4, -0.2) is 64.3 Å². The molecule has 160 valence electrons. The lowest BCUT2D eigenvalue weighted by Crippen LogP contribution is -2.38. The van der Waals surface area contributed by atoms with Crippen molar-refractivity contribution in [3.8, 4) is 0 Å². The van der Waals surface area contributed by atoms with Crippen molar-refractivity contribution in [2.75, 3.05) is 38.0 Å². The zero-order valence-corrected chi connectivity index (χ0v) is 18.1. The van der Waals surface area contributed by atoms with Gasteiger partial charge in [0.05, 0.1) is 17.6 Å². The van der Waals surface area contributed by atoms with Crippen molar-refractivity contribution < 1.29 is 9.59 Å². The Morgan fingerprint density at radius 3 is 2.81 bits per heavy atom. The average Bonchev–Trinajstić information content (AvgIpc) is 3.55. The maximum atomic E-state index is 13.0. The number of para-hydroxylation sites is 1. The van der Waals surface area contributed by atoms with Crippen molar-refractivity contribution in [2.24, 2.45) is 0 Å². The van der Waals surface area contributed by atoms with Gasteiger partial charge in [-0.1, -0.05) is 18.2 Å². The Hall–Kier alpha value is -2.84. The van der Waals surface area contributed by atoms with E-state index in [2.05, 4.69) is 15.2 Å². The van der Waals surface area contributed by atoms with Crippen molar-refractivity contribution >= 4 is 39.2 Å². The molecule has 0 saturated carbocycles. The largest absolute Gasteiger partial charge is 0.341 e. The normalized spacial score (nSPS) is 19.2. The van der Waals surface area contributed by atoms with Gasteiger partial charge in [0.2, 0.25) is 5.91 Å². The third-order valence-corrected chi connectivity index (χ3v) is 6.84. The van der Waals surface area contributed by atoms with Crippen LogP contribution in [0.3, 0.4) is 0 Å². The number of anilines is 1. The van der Waals surface area contributed by atoms with Gasteiger partial charge in [0.1, 0.15) is 0 Å². The summed E-state index contributed by atoms with van der Waals surface area (Å²) in [5.41, 5.74) is 2.27. The molecule has 8 heteroatoms. The van der Waals surface area contributed by atoms with Crippen molar-refractivity contribution in [3.05, 3.63) is 53.2 Å². The van der Waals surface area contributed by atoms with E-state index in [-0.39, 0.29) is 17.7 Å². The predicted octanol–water partition coefficient (Wildman–Crippen LogP) is 3.36. The maximum Gasteiger partial charge on any atom is 0.258 e. The van der Waals surface area contributed by atoms with Crippen LogP contribution in [0.25, 0.3) is 10.9 Å². The number of pyridine rings is 1. The number of carbonyl (C=O) groups excluding carboxylic acids is 2. The number of amides is 2. The highest BCUT2D eigenvalue weighted by molar-refractivity contribution is 7.13. The van der Waals surface area contributed by atoms with Gasteiger partial charge >= 0.3 is 0 Å². The van der Waals surface area contributed by atoms with Gasteiger partial charge in [0, 0.05) is 41.7 Å². The third-order valence-electron chi connectivity index (χ3n) is 6.15. The molecule has 4 heterocycles. The summed E-state index contributed by atoms with van der Waals surface area (Å²) in [6, 6.07) is 9.60. The van der Waals surface area contributed by atoms with Crippen molar-refractivity contribution in [1.29, 1.82) is 0 Å². The summed E-state index contributed by atoms with van der Waals surface area (Å²) in [4.78, 5) is 39.0. The standard InChI is InChI=1S/C23H25N5O2S/c29-21(15-27-9-3-4-10-27)28-11-7-16(14-28)20-13-18(17-5-1-2-6-19(17)25-20)22(30)26-23-24-8-12-31-23/h1-2,5-6,8,12-13,16H,3-4,7,9-11,14-15H2,(H,24,26,30). The van der Waals surface area contributed by atoms with Gasteiger partial charge in [-0.05, 0) is 44.5 Å². The van der Waals surface area contributed by atoms with Crippen LogP contribution in [0.4, 0.5) is 5.13 Å². The van der Waals surface area contributed by atoms with E-state index in [0.717, 1.165) is 42.7 Å². The van der Waals surface area contributed by atoms with Gasteiger partial charge in [-0.3, -0.25) is 24.8 Å². The SMILES string of the molecule is O=C(Nc1nccs1)c1cc(C2CCN(C(=O)CN3CCCC3)C2)nc2ccccc12. The minimum atomic E-state index is -0.185. The number of nitrogens with zero attached hydrogens (tertiary/aromatic N) is 4. The van der Waals surface area contributed by atoms with Crippen molar-refractivity contribution in [1.82, 2.24) is 19.8 Å². The quantitative estimate of drug-likeness (QED) is 0.665. The van der Waals surface area contributed by atoms with Gasteiger partial charge in [-0.15, -0.1) is 11.3 Å². The summed E-state index contributed by atoms with van der Waals surface area (Å²) in [6.45, 7) is 3.96. The molecule has 2 aliphatic heterocycles. The summed E-state index contributed by atoms with van der Waals surface area (Å²) < 4.78 is 0. The molecule has 3 aromatic rings. The summed E-state index contributed by atoms with van der Waals surface area (Å²) >= 11 is 1.39. The van der Waals surface area contributed by atoms with Crippen molar-refractivity contribution in [2.45, 2.75) is 25.2 Å². The molecule has 0 radical (unpaired) electrons. The molecule has 7 nitrogen and oxygen atoms in total. The summed E-state index contributed by atoms with van der Waals surface area (Å²) in [5.74, 6) is 0.153. The van der Waals surface area contributed by atoms with Gasteiger partial charge in [0.15, 0.2) is 5.13 Å². The fourth-order valence-corrected chi connectivity index (χ4v) is 5.03. The molecule has 1 atom stereocenters. The molecule has 31 heavy (non-hydrogen) atoms. The topological polar surface area (TPSA) is 78.4 Å². The molecule has 0 spiro atoms. The second kappa shape index (κ2) is 8.72. The Morgan fingerprint density at radius 2 is 2.00 bits per heavy atom. The van der Waals surface area contributed by atoms with E-state index >= 15 is 0 Å². The minimum absolute atomic E-state index is 0.138. The van der Waals surface area contributed by atoms with E-state index in [9.17, 15) is 9.59 Å². The molecule has 2 amide bonds. The first kappa shape index (κ1) is 20.1. The predicted molar refractivity (Wildman–Crippen MR) is 121 cm³/mol. The number of hydrogen-bond acceptors (Lipinski definition) is 6. The Morgan fingerprint density at radius 1 is 1.16 bits per heavy atom. The first-order chi connectivity index (χ1) is 15.2. The Bertz CT molecular complexity index is 1090. The van der Waals surface area contributed by atoms with Gasteiger partial charge in [-0.2, -0.15) is 0 Å². The molecule has 2 aromatic heterocycles. The molecule has 0 aliphatic carbocycles. The van der Waals surface area contributed by atoms with E-state index in [1.165, 1.54) is 24.2 Å². The minimum Gasteiger partial charge on any atom is -0.341 e. The molecule has 5 rings (SSSR count). The van der Waals surface area contributed by atoms with E-state index < -0.39 is 0 Å². The molecule has 1 N–H and O–H groups in total. The number of hydrogen-bond donors (Lipinski definition) is 1. The first-order valence-electron chi connectivity index (χ1n) is 10.8. The maximum absolute atomic E-state index is 13.0. The van der Waals surface area contributed by atoms with Crippen LogP contribution in [0, 0.1) is 0 Å². The van der Waals surface area contributed by atoms with Gasteiger partial charge in [0.25, 0.3) is 5.91 Å². The lowest BCUT2D eigenvalue weighted by molar-refractivity contribution is -0.131. The second-order valence-electron chi connectivity index (χ2n) is 8.21. The van der Waals surface area contributed by atoms with Crippen LogP contribution >= 0.6 is 11.3 Å². The molecular weight excluding hydrogens is 410 g/mol. The van der Waals surface area contributed by atoms with E-state index in [4.69, 9.17) is 4.98 Å². The molecule has 2 aliphatic rings. The van der Waals surface area contributed by atoms with Crippen LogP contribution < -0.4 is 5.32 Å². The van der Waals surface area contributed by atoms with Crippen LogP contribution in [0.5, 0.6) is 0 Å². The highest BCUT2D eigenvalue weighted by atomic mass is 32.1. The zero-order chi connectivity index (χ0) is 21.2. The molecule has 1 aromatic carbocycles. The number of fused-ring (bicyclic) bond motifs is 1. The lowest BCUT2D eigenvalue weighted by atomic mass is 9.99. The Labute approximate surface area is 185 Å². The van der Waals surface area contributed by atoms with Crippen LogP contribution in [-0.2, 0) is 4.79 Å². The molecular formula is C23H25N5O2S. The summed E-state index contributed by atoms with van der Waals surface area (Å²) in [7, 11) is 0. The molecule has 2 fully saturated rings. The van der Waals surface area contributed by atoms with E-state index in [1.54, 1.807) is 6.20 Å². The van der Waals surface area contributed by atoms with Gasteiger partial charge in [-0.25, -0.2) is 4.98 Å². The third kappa shape index (κ3) is 4.31. The number of carbonyl (C=O) groups is 2. The second-order valence-corrected chi connectivity index (χ2v) is 9.11. The number of rotatable bonds is 5. The molecule has 1 unspecified atom stereocenters. The lowest BCUT2D eigenvalue weighted by Gasteiger charge is -2.21. The number of likely N-dealkylation sites (tertiary alicyclic amines) is 2. The fraction of sp³-hybridized carbons (Fsp3) is 0.391. The summed E-state index contributed by atoms with van der Waals surface area (Å²) in [6.07, 6.45) is 4.90. The Balaban J connectivity index is 1.37. The van der Waals surface area contributed by atoms with Crippen molar-refractivity contribution in [3.63, 3.8) is 0 Å². The fourth-order valence-electron chi connectivity index (χ4n) is 4.50. The molecule has 2 saturated heterocycles. The monoisotopic (exact) mass is 435 g/mol. The van der Waals surface area contributed by atoms with E-state index in [1.807, 2.05) is 40.6 Å². The van der Waals surface area contributed by atoms with Crippen LogP contribution in [0.1, 0.15) is 41.2 Å². The van der Waals surface area contributed by atoms with Crippen LogP contribution in [0.15, 0.2) is 41.9 Å². The average molecular weight is 436 g/mol. The van der Waals surface area contributed by atoms with E-state index in [0.29, 0.717) is 23.8 Å². The highest BCUT2D eigenvalue weighted by Gasteiger charge is 2.30. The number of thiazole rings is 1. The highest BCUT2D eigenvalue weighted by Crippen LogP contribution is 2.30. The number of aromatic nitrogens is 2. The number of benzene rings is 1.